The molecule has 0 bridgehead atoms. The van der Waals surface area contributed by atoms with E-state index in [1.807, 2.05) is 13.8 Å². The standard InChI is InChI=1S/C17H22N2O4/c1-3-4-11(2)16(21)18-13-5-7-14(8-6-13)19-10-12(17(22)23)9-15(19)20/h5-8,11-12H,3-4,9-10H2,1-2H3,(H,18,21)(H,22,23). The molecule has 2 atom stereocenters. The summed E-state index contributed by atoms with van der Waals surface area (Å²) in [5.74, 6) is -1.86. The van der Waals surface area contributed by atoms with Crippen molar-refractivity contribution in [2.75, 3.05) is 16.8 Å². The zero-order valence-corrected chi connectivity index (χ0v) is 13.4. The molecule has 1 aromatic rings. The Morgan fingerprint density at radius 3 is 2.52 bits per heavy atom. The van der Waals surface area contributed by atoms with Crippen molar-refractivity contribution < 1.29 is 19.5 Å². The van der Waals surface area contributed by atoms with Gasteiger partial charge in [-0.05, 0) is 30.7 Å². The molecule has 0 radical (unpaired) electrons. The lowest BCUT2D eigenvalue weighted by Gasteiger charge is -2.17. The lowest BCUT2D eigenvalue weighted by molar-refractivity contribution is -0.141. The van der Waals surface area contributed by atoms with Gasteiger partial charge in [0.15, 0.2) is 0 Å². The van der Waals surface area contributed by atoms with Gasteiger partial charge in [-0.1, -0.05) is 20.3 Å². The third-order valence-electron chi connectivity index (χ3n) is 4.09. The number of carbonyl (C=O) groups excluding carboxylic acids is 2. The second-order valence-electron chi connectivity index (χ2n) is 5.97. The van der Waals surface area contributed by atoms with Crippen molar-refractivity contribution in [2.24, 2.45) is 11.8 Å². The molecule has 1 aliphatic rings. The molecule has 0 saturated carbocycles. The monoisotopic (exact) mass is 318 g/mol. The third kappa shape index (κ3) is 4.09. The van der Waals surface area contributed by atoms with Crippen molar-refractivity contribution in [3.05, 3.63) is 24.3 Å². The number of anilines is 2. The van der Waals surface area contributed by atoms with Crippen LogP contribution in [0.1, 0.15) is 33.1 Å². The Labute approximate surface area is 135 Å². The summed E-state index contributed by atoms with van der Waals surface area (Å²) in [5, 5.41) is 11.9. The highest BCUT2D eigenvalue weighted by Gasteiger charge is 2.34. The summed E-state index contributed by atoms with van der Waals surface area (Å²) in [5.41, 5.74) is 1.32. The van der Waals surface area contributed by atoms with Gasteiger partial charge in [-0.25, -0.2) is 0 Å². The van der Waals surface area contributed by atoms with Gasteiger partial charge in [-0.2, -0.15) is 0 Å². The van der Waals surface area contributed by atoms with Crippen LogP contribution >= 0.6 is 0 Å². The number of nitrogens with zero attached hydrogens (tertiary/aromatic N) is 1. The maximum absolute atomic E-state index is 12.0. The van der Waals surface area contributed by atoms with E-state index >= 15 is 0 Å². The first-order valence-electron chi connectivity index (χ1n) is 7.86. The van der Waals surface area contributed by atoms with Crippen molar-refractivity contribution >= 4 is 29.2 Å². The molecule has 6 nitrogen and oxygen atoms in total. The second kappa shape index (κ2) is 7.26. The minimum atomic E-state index is -0.949. The average Bonchev–Trinajstić information content (AvgIpc) is 2.90. The molecule has 124 valence electrons. The van der Waals surface area contributed by atoms with Gasteiger partial charge in [-0.3, -0.25) is 14.4 Å². The van der Waals surface area contributed by atoms with Crippen LogP contribution < -0.4 is 10.2 Å². The first-order valence-corrected chi connectivity index (χ1v) is 7.86. The van der Waals surface area contributed by atoms with Crippen LogP contribution in [0.4, 0.5) is 11.4 Å². The first-order chi connectivity index (χ1) is 10.9. The Morgan fingerprint density at radius 1 is 1.35 bits per heavy atom. The van der Waals surface area contributed by atoms with E-state index in [9.17, 15) is 14.4 Å². The fourth-order valence-electron chi connectivity index (χ4n) is 2.68. The summed E-state index contributed by atoms with van der Waals surface area (Å²) in [6, 6.07) is 6.91. The zero-order valence-electron chi connectivity index (χ0n) is 13.4. The van der Waals surface area contributed by atoms with E-state index in [1.54, 1.807) is 24.3 Å². The fraction of sp³-hybridized carbons (Fsp3) is 0.471. The molecule has 2 amide bonds. The van der Waals surface area contributed by atoms with Gasteiger partial charge in [-0.15, -0.1) is 0 Å². The highest BCUT2D eigenvalue weighted by Crippen LogP contribution is 2.26. The molecule has 2 unspecified atom stereocenters. The molecule has 23 heavy (non-hydrogen) atoms. The lowest BCUT2D eigenvalue weighted by atomic mass is 10.1. The highest BCUT2D eigenvalue weighted by atomic mass is 16.4. The van der Waals surface area contributed by atoms with E-state index in [-0.39, 0.29) is 30.7 Å². The average molecular weight is 318 g/mol. The van der Waals surface area contributed by atoms with Crippen molar-refractivity contribution in [3.63, 3.8) is 0 Å². The van der Waals surface area contributed by atoms with E-state index in [4.69, 9.17) is 5.11 Å². The molecule has 0 spiro atoms. The molecular weight excluding hydrogens is 296 g/mol. The van der Waals surface area contributed by atoms with Crippen LogP contribution in [0.2, 0.25) is 0 Å². The zero-order chi connectivity index (χ0) is 17.0. The normalized spacial score (nSPS) is 18.8. The van der Waals surface area contributed by atoms with Crippen LogP contribution in [0.5, 0.6) is 0 Å². The minimum absolute atomic E-state index is 0.0252. The molecule has 1 aliphatic heterocycles. The van der Waals surface area contributed by atoms with Crippen molar-refractivity contribution in [1.29, 1.82) is 0 Å². The number of hydrogen-bond donors (Lipinski definition) is 2. The van der Waals surface area contributed by atoms with Crippen LogP contribution in [0.15, 0.2) is 24.3 Å². The highest BCUT2D eigenvalue weighted by molar-refractivity contribution is 5.99. The first kappa shape index (κ1) is 17.0. The number of benzene rings is 1. The van der Waals surface area contributed by atoms with Gasteiger partial charge in [0.25, 0.3) is 0 Å². The van der Waals surface area contributed by atoms with Gasteiger partial charge in [0.05, 0.1) is 5.92 Å². The number of carboxylic acid groups (broad SMARTS) is 1. The summed E-state index contributed by atoms with van der Waals surface area (Å²) in [6.07, 6.45) is 1.82. The van der Waals surface area contributed by atoms with Crippen LogP contribution in [0, 0.1) is 11.8 Å². The predicted octanol–water partition coefficient (Wildman–Crippen LogP) is 2.50. The van der Waals surface area contributed by atoms with Gasteiger partial charge < -0.3 is 15.3 Å². The maximum atomic E-state index is 12.0. The molecule has 1 fully saturated rings. The molecule has 1 saturated heterocycles. The van der Waals surface area contributed by atoms with E-state index in [2.05, 4.69) is 5.32 Å². The Balaban J connectivity index is 2.01. The van der Waals surface area contributed by atoms with Crippen LogP contribution in [-0.4, -0.2) is 29.4 Å². The van der Waals surface area contributed by atoms with Crippen LogP contribution in [0.25, 0.3) is 0 Å². The van der Waals surface area contributed by atoms with E-state index in [1.165, 1.54) is 4.90 Å². The van der Waals surface area contributed by atoms with E-state index < -0.39 is 11.9 Å². The molecule has 2 rings (SSSR count). The summed E-state index contributed by atoms with van der Waals surface area (Å²) in [4.78, 5) is 36.3. The Bertz CT molecular complexity index is 597. The van der Waals surface area contributed by atoms with E-state index in [0.717, 1.165) is 12.8 Å². The van der Waals surface area contributed by atoms with Crippen molar-refractivity contribution in [1.82, 2.24) is 0 Å². The van der Waals surface area contributed by atoms with E-state index in [0.29, 0.717) is 11.4 Å². The summed E-state index contributed by atoms with van der Waals surface area (Å²) in [6.45, 7) is 4.12. The smallest absolute Gasteiger partial charge is 0.308 e. The molecule has 0 aromatic heterocycles. The number of rotatable bonds is 6. The Hall–Kier alpha value is -2.37. The van der Waals surface area contributed by atoms with Gasteiger partial charge in [0, 0.05) is 30.3 Å². The topological polar surface area (TPSA) is 86.7 Å². The summed E-state index contributed by atoms with van der Waals surface area (Å²) >= 11 is 0. The fourth-order valence-corrected chi connectivity index (χ4v) is 2.68. The Morgan fingerprint density at radius 2 is 2.00 bits per heavy atom. The molecule has 1 heterocycles. The lowest BCUT2D eigenvalue weighted by Crippen LogP contribution is -2.25. The van der Waals surface area contributed by atoms with Crippen LogP contribution in [0.3, 0.4) is 0 Å². The van der Waals surface area contributed by atoms with Crippen molar-refractivity contribution in [2.45, 2.75) is 33.1 Å². The predicted molar refractivity (Wildman–Crippen MR) is 87.2 cm³/mol. The maximum Gasteiger partial charge on any atom is 0.308 e. The molecule has 6 heteroatoms. The summed E-state index contributed by atoms with van der Waals surface area (Å²) in [7, 11) is 0. The molecular formula is C17H22N2O4. The number of amides is 2. The molecule has 1 aromatic carbocycles. The quantitative estimate of drug-likeness (QED) is 0.843. The number of carbonyl (C=O) groups is 3. The van der Waals surface area contributed by atoms with Crippen molar-refractivity contribution in [3.8, 4) is 0 Å². The summed E-state index contributed by atoms with van der Waals surface area (Å²) < 4.78 is 0. The SMILES string of the molecule is CCCC(C)C(=O)Nc1ccc(N2CC(C(=O)O)CC2=O)cc1. The van der Waals surface area contributed by atoms with Crippen LogP contribution in [-0.2, 0) is 14.4 Å². The van der Waals surface area contributed by atoms with Gasteiger partial charge in [0.1, 0.15) is 0 Å². The largest absolute Gasteiger partial charge is 0.481 e. The number of hydrogen-bond acceptors (Lipinski definition) is 3. The second-order valence-corrected chi connectivity index (χ2v) is 5.97. The van der Waals surface area contributed by atoms with Gasteiger partial charge in [0.2, 0.25) is 11.8 Å². The Kier molecular flexibility index (Phi) is 5.36. The molecule has 0 aliphatic carbocycles. The van der Waals surface area contributed by atoms with Gasteiger partial charge >= 0.3 is 5.97 Å². The number of carboxylic acids is 1. The number of aliphatic carboxylic acids is 1. The molecule has 2 N–H and O–H groups in total. The third-order valence-corrected chi connectivity index (χ3v) is 4.09. The number of nitrogens with one attached hydrogen (secondary N) is 1. The minimum Gasteiger partial charge on any atom is -0.481 e.